The minimum absolute atomic E-state index is 0.110. The lowest BCUT2D eigenvalue weighted by Gasteiger charge is -2.22. The number of carbonyl (C=O) groups excluding carboxylic acids is 4. The highest BCUT2D eigenvalue weighted by molar-refractivity contribution is 7.86. The summed E-state index contributed by atoms with van der Waals surface area (Å²) in [4.78, 5) is 59.6. The molecule has 0 aromatic heterocycles. The zero-order chi connectivity index (χ0) is 40.3. The van der Waals surface area contributed by atoms with Crippen molar-refractivity contribution in [3.63, 3.8) is 0 Å². The van der Waals surface area contributed by atoms with Gasteiger partial charge in [-0.15, -0.1) is 0 Å². The van der Waals surface area contributed by atoms with Gasteiger partial charge in [0.25, 0.3) is 21.9 Å². The third-order valence-corrected chi connectivity index (χ3v) is 8.67. The molecular weight excluding hydrogens is 736 g/mol. The van der Waals surface area contributed by atoms with Crippen LogP contribution in [-0.4, -0.2) is 131 Å². The van der Waals surface area contributed by atoms with E-state index in [1.807, 2.05) is 0 Å². The van der Waals surface area contributed by atoms with Crippen molar-refractivity contribution in [2.75, 3.05) is 52.4 Å². The summed E-state index contributed by atoms with van der Waals surface area (Å²) in [5, 5.41) is 74.4. The lowest BCUT2D eigenvalue weighted by atomic mass is 9.94. The maximum absolute atomic E-state index is 12.3. The van der Waals surface area contributed by atoms with Crippen molar-refractivity contribution in [1.82, 2.24) is 31.9 Å². The number of hydrogen-bond donors (Lipinski definition) is 13. The minimum atomic E-state index is -5.00. The quantitative estimate of drug-likeness (QED) is 0.0322. The molecule has 0 aliphatic heterocycles. The number of unbranched alkanes of at least 4 members (excludes halogenated alkanes) is 1. The molecule has 0 heterocycles. The predicted octanol–water partition coefficient (Wildman–Crippen LogP) is -1.13. The van der Waals surface area contributed by atoms with Gasteiger partial charge in [-0.3, -0.25) is 23.7 Å². The highest BCUT2D eigenvalue weighted by Gasteiger charge is 2.40. The first-order valence-corrected chi connectivity index (χ1v) is 18.4. The normalized spacial score (nSPS) is 12.3. The molecule has 2 aromatic rings. The van der Waals surface area contributed by atoms with Gasteiger partial charge in [0.15, 0.2) is 33.5 Å². The summed E-state index contributed by atoms with van der Waals surface area (Å²) in [7, 11) is -5.00. The predicted molar refractivity (Wildman–Crippen MR) is 191 cm³/mol. The Morgan fingerprint density at radius 3 is 1.57 bits per heavy atom. The second-order valence-corrected chi connectivity index (χ2v) is 13.5. The number of carbonyl (C=O) groups is 5. The third-order valence-electron chi connectivity index (χ3n) is 7.74. The summed E-state index contributed by atoms with van der Waals surface area (Å²) < 4.78 is 32.4. The van der Waals surface area contributed by atoms with Gasteiger partial charge in [-0.2, -0.15) is 8.42 Å². The second-order valence-electron chi connectivity index (χ2n) is 12.2. The number of rotatable bonds is 25. The Morgan fingerprint density at radius 1 is 0.593 bits per heavy atom. The summed E-state index contributed by atoms with van der Waals surface area (Å²) in [6.07, 6.45) is 0.927. The Labute approximate surface area is 311 Å². The summed E-state index contributed by atoms with van der Waals surface area (Å²) in [6.45, 7) is 2.82. The van der Waals surface area contributed by atoms with Crippen molar-refractivity contribution in [3.8, 4) is 23.0 Å². The number of benzene rings is 2. The van der Waals surface area contributed by atoms with Crippen LogP contribution in [0.2, 0.25) is 0 Å². The van der Waals surface area contributed by atoms with Crippen molar-refractivity contribution >= 4 is 39.7 Å². The summed E-state index contributed by atoms with van der Waals surface area (Å²) in [5.74, 6) is -7.21. The topological polar surface area (TPSA) is 333 Å². The Hall–Kier alpha value is -5.22. The molecule has 0 saturated heterocycles. The molecule has 21 heteroatoms. The van der Waals surface area contributed by atoms with Crippen molar-refractivity contribution < 1.29 is 67.6 Å². The zero-order valence-corrected chi connectivity index (χ0v) is 30.2. The van der Waals surface area contributed by atoms with E-state index in [0.717, 1.165) is 18.2 Å². The van der Waals surface area contributed by atoms with E-state index in [0.29, 0.717) is 64.8 Å². The molecule has 0 radical (unpaired) electrons. The monoisotopic (exact) mass is 784 g/mol. The average molecular weight is 785 g/mol. The van der Waals surface area contributed by atoms with Crippen LogP contribution in [0.25, 0.3) is 0 Å². The number of aromatic hydroxyl groups is 4. The summed E-state index contributed by atoms with van der Waals surface area (Å²) in [6, 6.07) is 5.60. The van der Waals surface area contributed by atoms with Gasteiger partial charge in [-0.25, -0.2) is 4.79 Å². The lowest BCUT2D eigenvalue weighted by Crippen LogP contribution is -2.47. The Kier molecular flexibility index (Phi) is 18.4. The van der Waals surface area contributed by atoms with Gasteiger partial charge in [-0.05, 0) is 88.6 Å². The van der Waals surface area contributed by atoms with Crippen molar-refractivity contribution in [2.45, 2.75) is 55.4 Å². The molecule has 0 saturated carbocycles. The Balaban J connectivity index is 1.53. The van der Waals surface area contributed by atoms with E-state index in [-0.39, 0.29) is 30.9 Å². The highest BCUT2D eigenvalue weighted by Crippen LogP contribution is 2.34. The molecular formula is C33H48N6O14S. The SMILES string of the molecule is O=C(CC(O)(CC(=O)NCCCNCCCNC(=O)c1ccc(O)c(O)c1)C(=O)O)NCCCCNCCCNC(=O)c1ccc(O)c(O)c1S(=O)(=O)O. The first-order valence-electron chi connectivity index (χ1n) is 17.0. The van der Waals surface area contributed by atoms with E-state index in [1.54, 1.807) is 0 Å². The smallest absolute Gasteiger partial charge is 0.336 e. The van der Waals surface area contributed by atoms with Gasteiger partial charge in [0, 0.05) is 31.7 Å². The molecule has 300 valence electrons. The van der Waals surface area contributed by atoms with Crippen LogP contribution in [0.1, 0.15) is 65.7 Å². The molecule has 0 aliphatic rings. The van der Waals surface area contributed by atoms with E-state index in [1.165, 1.54) is 12.1 Å². The Bertz CT molecular complexity index is 1730. The molecule has 0 bridgehead atoms. The molecule has 0 spiro atoms. The molecule has 0 fully saturated rings. The second kappa shape index (κ2) is 22.1. The fourth-order valence-electron chi connectivity index (χ4n) is 4.86. The number of amides is 4. The number of nitrogens with one attached hydrogen (secondary N) is 6. The first-order chi connectivity index (χ1) is 25.5. The number of aliphatic hydroxyl groups is 1. The summed E-state index contributed by atoms with van der Waals surface area (Å²) in [5.41, 5.74) is -2.95. The number of hydrogen-bond acceptors (Lipinski definition) is 14. The molecule has 2 aromatic carbocycles. The van der Waals surface area contributed by atoms with E-state index in [2.05, 4.69) is 31.9 Å². The number of aliphatic carboxylic acids is 1. The number of carboxylic acids is 1. The largest absolute Gasteiger partial charge is 0.504 e. The van der Waals surface area contributed by atoms with Crippen LogP contribution < -0.4 is 31.9 Å². The van der Waals surface area contributed by atoms with Crippen LogP contribution in [0, 0.1) is 0 Å². The van der Waals surface area contributed by atoms with Gasteiger partial charge >= 0.3 is 5.97 Å². The lowest BCUT2D eigenvalue weighted by molar-refractivity contribution is -0.164. The van der Waals surface area contributed by atoms with Crippen LogP contribution in [0.5, 0.6) is 23.0 Å². The van der Waals surface area contributed by atoms with Gasteiger partial charge in [0.1, 0.15) is 0 Å². The molecule has 54 heavy (non-hydrogen) atoms. The fraction of sp³-hybridized carbons (Fsp3) is 0.485. The molecule has 0 aliphatic carbocycles. The third kappa shape index (κ3) is 15.4. The maximum atomic E-state index is 12.3. The Morgan fingerprint density at radius 2 is 1.06 bits per heavy atom. The highest BCUT2D eigenvalue weighted by atomic mass is 32.2. The van der Waals surface area contributed by atoms with Gasteiger partial charge in [0.05, 0.1) is 18.4 Å². The van der Waals surface area contributed by atoms with Gasteiger partial charge < -0.3 is 62.5 Å². The van der Waals surface area contributed by atoms with E-state index < -0.39 is 85.9 Å². The molecule has 1 atom stereocenters. The van der Waals surface area contributed by atoms with E-state index >= 15 is 0 Å². The van der Waals surface area contributed by atoms with Gasteiger partial charge in [-0.1, -0.05) is 0 Å². The minimum Gasteiger partial charge on any atom is -0.504 e. The van der Waals surface area contributed by atoms with Crippen LogP contribution in [-0.2, 0) is 24.5 Å². The van der Waals surface area contributed by atoms with Crippen molar-refractivity contribution in [1.29, 1.82) is 0 Å². The standard InChI is InChI=1S/C33H48N6O14S/c40-23-8-6-21(18-25(23)42)30(46)38-16-4-13-35-11-3-15-37-27(44)20-33(50,32(48)49)19-26(43)36-14-2-1-10-34-12-5-17-39-31(47)22-7-9-24(41)28(45)29(22)54(51,52)53/h6-9,18,34-35,40-42,45,50H,1-5,10-17,19-20H2,(H,36,43)(H,37,44)(H,38,46)(H,39,47)(H,48,49)(H,51,52,53). The van der Waals surface area contributed by atoms with E-state index in [9.17, 15) is 67.6 Å². The molecule has 13 N–H and O–H groups in total. The van der Waals surface area contributed by atoms with Crippen LogP contribution >= 0.6 is 0 Å². The molecule has 4 amide bonds. The molecule has 1 unspecified atom stereocenters. The fourth-order valence-corrected chi connectivity index (χ4v) is 5.64. The molecule has 20 nitrogen and oxygen atoms in total. The van der Waals surface area contributed by atoms with Crippen molar-refractivity contribution in [3.05, 3.63) is 41.5 Å². The van der Waals surface area contributed by atoms with Crippen LogP contribution in [0.15, 0.2) is 35.2 Å². The van der Waals surface area contributed by atoms with Gasteiger partial charge in [0.2, 0.25) is 11.8 Å². The van der Waals surface area contributed by atoms with E-state index in [4.69, 9.17) is 0 Å². The van der Waals surface area contributed by atoms with Crippen molar-refractivity contribution in [2.24, 2.45) is 0 Å². The average Bonchev–Trinajstić information content (AvgIpc) is 3.09. The zero-order valence-electron chi connectivity index (χ0n) is 29.4. The number of carboxylic acid groups (broad SMARTS) is 1. The maximum Gasteiger partial charge on any atom is 0.336 e. The van der Waals surface area contributed by atoms with Crippen LogP contribution in [0.4, 0.5) is 0 Å². The number of phenolic OH excluding ortho intramolecular Hbond substituents is 4. The first kappa shape index (κ1) is 44.9. The molecule has 2 rings (SSSR count). The number of phenols is 4. The summed E-state index contributed by atoms with van der Waals surface area (Å²) >= 11 is 0. The van der Waals surface area contributed by atoms with Crippen LogP contribution in [0.3, 0.4) is 0 Å².